The first kappa shape index (κ1) is 7.53. The molecule has 0 aliphatic rings. The van der Waals surface area contributed by atoms with Crippen LogP contribution < -0.4 is 0 Å². The number of carbonyl (C=O) groups is 1. The maximum atomic E-state index is 10.3. The Kier molecular flexibility index (Phi) is 2.68. The minimum Gasteiger partial charge on any atom is -0.475 e. The van der Waals surface area contributed by atoms with Gasteiger partial charge in [-0.05, 0) is 24.8 Å². The van der Waals surface area contributed by atoms with Gasteiger partial charge in [0.2, 0.25) is 11.6 Å². The fraction of sp³-hybridized carbons (Fsp3) is 0.167. The molecule has 1 N–H and O–H groups in total. The number of hydrogen-bond donors (Lipinski definition) is 1. The number of aromatic nitrogens is 4. The van der Waals surface area contributed by atoms with Crippen LogP contribution in [0.25, 0.3) is 0 Å². The first-order valence-electron chi connectivity index (χ1n) is 7.73. The first-order chi connectivity index (χ1) is 11.4. The van der Waals surface area contributed by atoms with E-state index in [-0.39, 0.29) is 17.0 Å². The number of hydrogen-bond acceptors (Lipinski definition) is 6. The number of aromatic carboxylic acids is 1. The zero-order chi connectivity index (χ0) is 19.3. The molecular weight excluding hydrogens is 246 g/mol. The first-order valence-corrected chi connectivity index (χ1v) is 4.73. The van der Waals surface area contributed by atoms with Crippen molar-refractivity contribution in [2.24, 2.45) is 0 Å². The molecule has 0 aliphatic heterocycles. The number of aryl methyl sites for hydroxylation is 2. The van der Waals surface area contributed by atoms with Gasteiger partial charge in [-0.1, -0.05) is 0 Å². The summed E-state index contributed by atoms with van der Waals surface area (Å²) in [6, 6.07) is 1.70. The van der Waals surface area contributed by atoms with Crippen molar-refractivity contribution < 1.29 is 18.1 Å². The van der Waals surface area contributed by atoms with E-state index in [4.69, 9.17) is 18.6 Å². The predicted octanol–water partition coefficient (Wildman–Crippen LogP) is 1.14. The quantitative estimate of drug-likeness (QED) is 0.820. The summed E-state index contributed by atoms with van der Waals surface area (Å²) in [4.78, 5) is 24.1. The zero-order valence-electron chi connectivity index (χ0n) is 15.4. The van der Waals surface area contributed by atoms with Gasteiger partial charge < -0.3 is 5.11 Å². The summed E-state index contributed by atoms with van der Waals surface area (Å²) in [5.41, 5.74) is -0.0287. The van der Waals surface area contributed by atoms with Crippen LogP contribution in [0.1, 0.15) is 35.8 Å². The van der Waals surface area contributed by atoms with Crippen LogP contribution in [0.15, 0.2) is 24.8 Å². The molecule has 0 saturated carbocycles. The van der Waals surface area contributed by atoms with Crippen LogP contribution in [0.5, 0.6) is 0 Å². The molecule has 0 saturated heterocycles. The average molecular weight is 263 g/mol. The molecule has 0 aliphatic carbocycles. The summed E-state index contributed by atoms with van der Waals surface area (Å²) in [7, 11) is 0. The summed E-state index contributed by atoms with van der Waals surface area (Å²) in [5.74, 6) is -1.71. The molecule has 2 aromatic rings. The van der Waals surface area contributed by atoms with Gasteiger partial charge in [-0.3, -0.25) is 0 Å². The molecule has 2 aromatic heterocycles. The lowest BCUT2D eigenvalue weighted by Gasteiger charge is -1.90. The Morgan fingerprint density at radius 2 is 1.63 bits per heavy atom. The Labute approximate surface area is 118 Å². The Morgan fingerprint density at radius 3 is 2.00 bits per heavy atom. The summed E-state index contributed by atoms with van der Waals surface area (Å²) in [5, 5.41) is 16.7. The summed E-state index contributed by atoms with van der Waals surface area (Å²) in [6.45, 7) is -4.50. The van der Waals surface area contributed by atoms with Crippen LogP contribution in [0.2, 0.25) is 0 Å². The van der Waals surface area contributed by atoms with Crippen LogP contribution in [-0.2, 0) is 0 Å². The van der Waals surface area contributed by atoms with E-state index in [0.29, 0.717) is 0 Å². The molecule has 0 unspecified atom stereocenters. The van der Waals surface area contributed by atoms with Gasteiger partial charge in [0.1, 0.15) is 6.07 Å². The molecule has 0 aromatic carbocycles. The molecular formula is C12H11N5O2. The second kappa shape index (κ2) is 6.76. The lowest BCUT2D eigenvalue weighted by Crippen LogP contribution is -2.02. The van der Waals surface area contributed by atoms with Gasteiger partial charge in [0, 0.05) is 33.0 Å². The maximum absolute atomic E-state index is 10.3. The Balaban J connectivity index is 0.000000251. The monoisotopic (exact) mass is 263 g/mol. The Bertz CT molecular complexity index is 765. The molecule has 7 nitrogen and oxygen atoms in total. The standard InChI is InChI=1S/C6H5N3.C6H6N2O2/c1-5-3-8-6(2-7)9-4-5;1-4-2-7-5(6(9)10)8-3-4/h3-4H,1H3;2-3H,1H3,(H,9,10)/i2*1D3. The Hall–Kier alpha value is -2.88. The van der Waals surface area contributed by atoms with Crippen molar-refractivity contribution in [3.63, 3.8) is 0 Å². The van der Waals surface area contributed by atoms with Crippen LogP contribution >= 0.6 is 0 Å². The van der Waals surface area contributed by atoms with Crippen molar-refractivity contribution >= 4 is 5.97 Å². The topological polar surface area (TPSA) is 113 Å². The number of carboxylic acids is 1. The molecule has 0 atom stereocenters. The largest absolute Gasteiger partial charge is 0.475 e. The SMILES string of the molecule is [2H]C([2H])([2H])c1cnc(C#N)nc1.[2H]C([2H])([2H])c1cnc(C(=O)O)nc1. The second-order valence-corrected chi connectivity index (χ2v) is 3.01. The highest BCUT2D eigenvalue weighted by molar-refractivity contribution is 5.82. The fourth-order valence-corrected chi connectivity index (χ4v) is 0.824. The highest BCUT2D eigenvalue weighted by atomic mass is 16.4. The normalized spacial score (nSPS) is 14.9. The predicted molar refractivity (Wildman–Crippen MR) is 65.2 cm³/mol. The minimum atomic E-state index is -2.29. The summed E-state index contributed by atoms with van der Waals surface area (Å²) < 4.78 is 41.8. The molecule has 2 rings (SSSR count). The molecule has 0 amide bonds. The van der Waals surface area contributed by atoms with E-state index >= 15 is 0 Å². The van der Waals surface area contributed by atoms with Crippen LogP contribution in [0.4, 0.5) is 0 Å². The van der Waals surface area contributed by atoms with Gasteiger partial charge in [0.15, 0.2) is 0 Å². The van der Waals surface area contributed by atoms with E-state index < -0.39 is 25.5 Å². The number of nitrogens with zero attached hydrogens (tertiary/aromatic N) is 5. The van der Waals surface area contributed by atoms with Gasteiger partial charge in [-0.15, -0.1) is 0 Å². The van der Waals surface area contributed by atoms with Crippen molar-refractivity contribution in [1.29, 1.82) is 5.26 Å². The van der Waals surface area contributed by atoms with E-state index in [1.807, 2.05) is 0 Å². The molecule has 0 spiro atoms. The molecule has 96 valence electrons. The second-order valence-electron chi connectivity index (χ2n) is 3.01. The van der Waals surface area contributed by atoms with Gasteiger partial charge in [0.25, 0.3) is 0 Å². The zero-order valence-corrected chi connectivity index (χ0v) is 9.40. The fourth-order valence-electron chi connectivity index (χ4n) is 0.824. The van der Waals surface area contributed by atoms with E-state index in [1.54, 1.807) is 6.07 Å². The van der Waals surface area contributed by atoms with Crippen LogP contribution in [0.3, 0.4) is 0 Å². The third-order valence-electron chi connectivity index (χ3n) is 1.59. The van der Waals surface area contributed by atoms with Crippen LogP contribution in [0, 0.1) is 25.0 Å². The molecule has 0 fully saturated rings. The van der Waals surface area contributed by atoms with Gasteiger partial charge >= 0.3 is 5.97 Å². The maximum Gasteiger partial charge on any atom is 0.373 e. The van der Waals surface area contributed by atoms with Crippen molar-refractivity contribution in [3.05, 3.63) is 47.6 Å². The molecule has 7 heteroatoms. The van der Waals surface area contributed by atoms with E-state index in [9.17, 15) is 4.79 Å². The molecule has 0 bridgehead atoms. The highest BCUT2D eigenvalue weighted by Gasteiger charge is 2.02. The lowest BCUT2D eigenvalue weighted by molar-refractivity contribution is 0.0683. The smallest absolute Gasteiger partial charge is 0.373 e. The van der Waals surface area contributed by atoms with E-state index in [2.05, 4.69) is 19.9 Å². The molecule has 0 radical (unpaired) electrons. The van der Waals surface area contributed by atoms with E-state index in [0.717, 1.165) is 24.8 Å². The molecule has 19 heavy (non-hydrogen) atoms. The third kappa shape index (κ3) is 4.87. The third-order valence-corrected chi connectivity index (χ3v) is 1.59. The van der Waals surface area contributed by atoms with Gasteiger partial charge in [0.05, 0.1) is 0 Å². The van der Waals surface area contributed by atoms with Gasteiger partial charge in [-0.2, -0.15) is 5.26 Å². The van der Waals surface area contributed by atoms with Gasteiger partial charge in [-0.25, -0.2) is 24.7 Å². The number of rotatable bonds is 1. The average Bonchev–Trinajstić information content (AvgIpc) is 2.54. The molecule has 2 heterocycles. The Morgan fingerprint density at radius 1 is 1.16 bits per heavy atom. The minimum absolute atomic E-state index is 0.0250. The summed E-state index contributed by atoms with van der Waals surface area (Å²) >= 11 is 0. The summed E-state index contributed by atoms with van der Waals surface area (Å²) in [6.07, 6.45) is 4.25. The van der Waals surface area contributed by atoms with Crippen molar-refractivity contribution in [3.8, 4) is 6.07 Å². The van der Waals surface area contributed by atoms with Crippen molar-refractivity contribution in [1.82, 2.24) is 19.9 Å². The van der Waals surface area contributed by atoms with Crippen molar-refractivity contribution in [2.75, 3.05) is 0 Å². The van der Waals surface area contributed by atoms with E-state index in [1.165, 1.54) is 0 Å². The van der Waals surface area contributed by atoms with Crippen molar-refractivity contribution in [2.45, 2.75) is 13.7 Å². The lowest BCUT2D eigenvalue weighted by atomic mass is 10.4. The number of carboxylic acid groups (broad SMARTS) is 1. The highest BCUT2D eigenvalue weighted by Crippen LogP contribution is 1.92. The number of nitriles is 1. The van der Waals surface area contributed by atoms with Crippen LogP contribution in [-0.4, -0.2) is 31.0 Å².